The van der Waals surface area contributed by atoms with E-state index in [9.17, 15) is 4.79 Å². The lowest BCUT2D eigenvalue weighted by molar-refractivity contribution is 0.101. The van der Waals surface area contributed by atoms with E-state index in [1.807, 2.05) is 18.2 Å². The van der Waals surface area contributed by atoms with Crippen molar-refractivity contribution in [2.24, 2.45) is 0 Å². The molecular weight excluding hydrogens is 224 g/mol. The normalized spacial score (nSPS) is 17.3. The summed E-state index contributed by atoms with van der Waals surface area (Å²) < 4.78 is 5.71. The Labute approximate surface area is 109 Å². The van der Waals surface area contributed by atoms with Gasteiger partial charge in [0.25, 0.3) is 0 Å². The molecule has 0 amide bonds. The highest BCUT2D eigenvalue weighted by atomic mass is 16.5. The van der Waals surface area contributed by atoms with E-state index in [0.29, 0.717) is 5.92 Å². The zero-order chi connectivity index (χ0) is 13.0. The monoisotopic (exact) mass is 246 g/mol. The summed E-state index contributed by atoms with van der Waals surface area (Å²) in [6.07, 6.45) is 6.21. The fourth-order valence-corrected chi connectivity index (χ4v) is 2.72. The number of ether oxygens (including phenoxy) is 1. The van der Waals surface area contributed by atoms with Gasteiger partial charge in [-0.3, -0.25) is 4.79 Å². The maximum atomic E-state index is 11.7. The van der Waals surface area contributed by atoms with Crippen molar-refractivity contribution in [2.75, 3.05) is 6.61 Å². The summed E-state index contributed by atoms with van der Waals surface area (Å²) in [6, 6.07) is 5.82. The molecule has 0 aromatic heterocycles. The van der Waals surface area contributed by atoms with E-state index < -0.39 is 0 Å². The SMILES string of the molecule is CCCCCC[C@@H]1COc2cccc(C(C)=O)c21. The highest BCUT2D eigenvalue weighted by molar-refractivity contribution is 5.96. The van der Waals surface area contributed by atoms with Gasteiger partial charge in [0.2, 0.25) is 0 Å². The standard InChI is InChI=1S/C16H22O2/c1-3-4-5-6-8-13-11-18-15-10-7-9-14(12(2)17)16(13)15/h7,9-10,13H,3-6,8,11H2,1-2H3/t13-/m1/s1. The van der Waals surface area contributed by atoms with Crippen LogP contribution in [0.4, 0.5) is 0 Å². The van der Waals surface area contributed by atoms with E-state index in [2.05, 4.69) is 6.92 Å². The first-order valence-electron chi connectivity index (χ1n) is 7.00. The summed E-state index contributed by atoms with van der Waals surface area (Å²) >= 11 is 0. The van der Waals surface area contributed by atoms with Crippen LogP contribution in [0.2, 0.25) is 0 Å². The van der Waals surface area contributed by atoms with Crippen LogP contribution < -0.4 is 4.74 Å². The van der Waals surface area contributed by atoms with E-state index in [0.717, 1.165) is 29.9 Å². The lowest BCUT2D eigenvalue weighted by Gasteiger charge is -2.11. The number of Topliss-reactive ketones (excluding diaryl/α,β-unsaturated/α-hetero) is 1. The zero-order valence-electron chi connectivity index (χ0n) is 11.4. The largest absolute Gasteiger partial charge is 0.493 e. The van der Waals surface area contributed by atoms with E-state index in [-0.39, 0.29) is 5.78 Å². The first-order chi connectivity index (χ1) is 8.74. The van der Waals surface area contributed by atoms with Gasteiger partial charge in [-0.25, -0.2) is 0 Å². The lowest BCUT2D eigenvalue weighted by Crippen LogP contribution is -2.05. The number of hydrogen-bond acceptors (Lipinski definition) is 2. The van der Waals surface area contributed by atoms with Crippen molar-refractivity contribution in [3.8, 4) is 5.75 Å². The highest BCUT2D eigenvalue weighted by Crippen LogP contribution is 2.39. The van der Waals surface area contributed by atoms with Crippen molar-refractivity contribution < 1.29 is 9.53 Å². The average Bonchev–Trinajstić information content (AvgIpc) is 2.77. The maximum absolute atomic E-state index is 11.7. The molecule has 0 spiro atoms. The van der Waals surface area contributed by atoms with Gasteiger partial charge < -0.3 is 4.74 Å². The molecule has 1 aromatic carbocycles. The van der Waals surface area contributed by atoms with Crippen LogP contribution >= 0.6 is 0 Å². The van der Waals surface area contributed by atoms with Crippen molar-refractivity contribution in [2.45, 2.75) is 51.9 Å². The van der Waals surface area contributed by atoms with Crippen molar-refractivity contribution >= 4 is 5.78 Å². The molecule has 0 radical (unpaired) electrons. The Hall–Kier alpha value is -1.31. The van der Waals surface area contributed by atoms with Gasteiger partial charge in [0.15, 0.2) is 5.78 Å². The van der Waals surface area contributed by atoms with E-state index in [4.69, 9.17) is 4.74 Å². The Morgan fingerprint density at radius 1 is 1.33 bits per heavy atom. The second-order valence-electron chi connectivity index (χ2n) is 5.13. The molecule has 0 unspecified atom stereocenters. The van der Waals surface area contributed by atoms with E-state index in [1.165, 1.54) is 25.7 Å². The lowest BCUT2D eigenvalue weighted by atomic mass is 9.90. The molecule has 0 saturated heterocycles. The van der Waals surface area contributed by atoms with Gasteiger partial charge in [-0.05, 0) is 19.4 Å². The summed E-state index contributed by atoms with van der Waals surface area (Å²) in [5.41, 5.74) is 2.01. The minimum atomic E-state index is 0.149. The number of hydrogen-bond donors (Lipinski definition) is 0. The van der Waals surface area contributed by atoms with Crippen LogP contribution in [0.3, 0.4) is 0 Å². The molecule has 1 aromatic rings. The molecule has 2 heteroatoms. The molecule has 0 aliphatic carbocycles. The molecule has 1 heterocycles. The molecule has 0 fully saturated rings. The van der Waals surface area contributed by atoms with Crippen LogP contribution in [0.5, 0.6) is 5.75 Å². The van der Waals surface area contributed by atoms with Crippen LogP contribution in [-0.4, -0.2) is 12.4 Å². The Kier molecular flexibility index (Phi) is 4.40. The average molecular weight is 246 g/mol. The number of rotatable bonds is 6. The van der Waals surface area contributed by atoms with Gasteiger partial charge in [-0.15, -0.1) is 0 Å². The maximum Gasteiger partial charge on any atom is 0.160 e. The minimum Gasteiger partial charge on any atom is -0.493 e. The molecule has 1 aliphatic heterocycles. The molecule has 1 aliphatic rings. The van der Waals surface area contributed by atoms with Crippen LogP contribution in [0.15, 0.2) is 18.2 Å². The predicted octanol–water partition coefficient (Wildman–Crippen LogP) is 4.34. The summed E-state index contributed by atoms with van der Waals surface area (Å²) in [5.74, 6) is 1.48. The van der Waals surface area contributed by atoms with Crippen LogP contribution in [0.25, 0.3) is 0 Å². The Morgan fingerprint density at radius 2 is 2.17 bits per heavy atom. The first kappa shape index (κ1) is 13.1. The number of fused-ring (bicyclic) bond motifs is 1. The summed E-state index contributed by atoms with van der Waals surface area (Å²) in [7, 11) is 0. The molecule has 2 nitrogen and oxygen atoms in total. The zero-order valence-corrected chi connectivity index (χ0v) is 11.4. The van der Waals surface area contributed by atoms with Gasteiger partial charge in [0.05, 0.1) is 6.61 Å². The Morgan fingerprint density at radius 3 is 2.89 bits per heavy atom. The molecule has 2 rings (SSSR count). The number of carbonyl (C=O) groups is 1. The second kappa shape index (κ2) is 6.03. The quantitative estimate of drug-likeness (QED) is 0.551. The summed E-state index contributed by atoms with van der Waals surface area (Å²) in [4.78, 5) is 11.7. The van der Waals surface area contributed by atoms with Gasteiger partial charge in [-0.2, -0.15) is 0 Å². The second-order valence-corrected chi connectivity index (χ2v) is 5.13. The van der Waals surface area contributed by atoms with Gasteiger partial charge in [0.1, 0.15) is 5.75 Å². The Bertz CT molecular complexity index is 423. The third-order valence-electron chi connectivity index (χ3n) is 3.70. The smallest absolute Gasteiger partial charge is 0.160 e. The third-order valence-corrected chi connectivity index (χ3v) is 3.70. The van der Waals surface area contributed by atoms with Crippen molar-refractivity contribution in [3.63, 3.8) is 0 Å². The topological polar surface area (TPSA) is 26.3 Å². The highest BCUT2D eigenvalue weighted by Gasteiger charge is 2.27. The first-order valence-corrected chi connectivity index (χ1v) is 7.00. The fraction of sp³-hybridized carbons (Fsp3) is 0.562. The van der Waals surface area contributed by atoms with Gasteiger partial charge >= 0.3 is 0 Å². The number of ketones is 1. The van der Waals surface area contributed by atoms with Crippen molar-refractivity contribution in [3.05, 3.63) is 29.3 Å². The molecule has 18 heavy (non-hydrogen) atoms. The van der Waals surface area contributed by atoms with E-state index in [1.54, 1.807) is 6.92 Å². The molecule has 0 N–H and O–H groups in total. The molecule has 0 bridgehead atoms. The summed E-state index contributed by atoms with van der Waals surface area (Å²) in [5, 5.41) is 0. The van der Waals surface area contributed by atoms with Crippen molar-refractivity contribution in [1.82, 2.24) is 0 Å². The van der Waals surface area contributed by atoms with Crippen LogP contribution in [-0.2, 0) is 0 Å². The predicted molar refractivity (Wildman–Crippen MR) is 73.4 cm³/mol. The van der Waals surface area contributed by atoms with Gasteiger partial charge in [0, 0.05) is 17.0 Å². The van der Waals surface area contributed by atoms with Crippen LogP contribution in [0, 0.1) is 0 Å². The van der Waals surface area contributed by atoms with E-state index >= 15 is 0 Å². The molecule has 98 valence electrons. The summed E-state index contributed by atoms with van der Waals surface area (Å²) in [6.45, 7) is 4.61. The number of benzene rings is 1. The third kappa shape index (κ3) is 2.74. The Balaban J connectivity index is 2.08. The minimum absolute atomic E-state index is 0.149. The number of unbranched alkanes of at least 4 members (excludes halogenated alkanes) is 3. The molecule has 1 atom stereocenters. The fourth-order valence-electron chi connectivity index (χ4n) is 2.72. The van der Waals surface area contributed by atoms with Crippen molar-refractivity contribution in [1.29, 1.82) is 0 Å². The van der Waals surface area contributed by atoms with Gasteiger partial charge in [-0.1, -0.05) is 44.7 Å². The molecule has 0 saturated carbocycles. The number of carbonyl (C=O) groups excluding carboxylic acids is 1. The van der Waals surface area contributed by atoms with Crippen LogP contribution in [0.1, 0.15) is 67.8 Å². The molecular formula is C16H22O2.